The molecule has 0 saturated carbocycles. The van der Waals surface area contributed by atoms with E-state index in [0.717, 1.165) is 170 Å². The highest BCUT2D eigenvalue weighted by Crippen LogP contribution is 2.67. The van der Waals surface area contributed by atoms with Gasteiger partial charge in [-0.3, -0.25) is 0 Å². The number of anilines is 6. The van der Waals surface area contributed by atoms with Gasteiger partial charge in [0.05, 0.1) is 94.1 Å². The van der Waals surface area contributed by atoms with Crippen molar-refractivity contribution in [1.82, 2.24) is 13.7 Å². The third-order valence-electron chi connectivity index (χ3n) is 26.6. The summed E-state index contributed by atoms with van der Waals surface area (Å²) in [5.41, 5.74) is 27.3. The lowest BCUT2D eigenvalue weighted by Crippen LogP contribution is -2.30. The zero-order valence-electron chi connectivity index (χ0n) is 80.2. The second-order valence-electron chi connectivity index (χ2n) is 38.6. The summed E-state index contributed by atoms with van der Waals surface area (Å²) in [5.74, 6) is -0.648. The van der Waals surface area contributed by atoms with Crippen molar-refractivity contribution in [2.45, 2.75) is 111 Å². The molecule has 0 amide bonds. The smallest absolute Gasteiger partial charge is 0.0991 e. The van der Waals surface area contributed by atoms with Gasteiger partial charge in [0.15, 0.2) is 0 Å². The Labute approximate surface area is 756 Å². The van der Waals surface area contributed by atoms with Crippen molar-refractivity contribution >= 4 is 131 Å². The maximum Gasteiger partial charge on any atom is 0.0991 e. The molecule has 17 aromatic carbocycles. The van der Waals surface area contributed by atoms with E-state index in [1.165, 1.54) is 22.3 Å². The Bertz CT molecular complexity index is 8530. The maximum absolute atomic E-state index is 11.2. The number of fused-ring (bicyclic) bond motifs is 16. The van der Waals surface area contributed by atoms with Gasteiger partial charge in [-0.1, -0.05) is 320 Å². The molecule has 0 spiro atoms. The van der Waals surface area contributed by atoms with Crippen molar-refractivity contribution in [2.75, 3.05) is 9.80 Å². The monoisotopic (exact) mass is 1660 g/mol. The van der Waals surface area contributed by atoms with Crippen LogP contribution >= 0.6 is 11.3 Å². The summed E-state index contributed by atoms with van der Waals surface area (Å²) in [6.45, 7) is 27.5. The molecular formula is C120H96N6S. The number of nitrogens with zero attached hydrogens (tertiary/aromatic N) is 6. The molecule has 0 radical (unpaired) electrons. The van der Waals surface area contributed by atoms with Crippen molar-refractivity contribution < 1.29 is 9.60 Å². The van der Waals surface area contributed by atoms with Crippen molar-refractivity contribution in [3.05, 3.63) is 402 Å². The van der Waals surface area contributed by atoms with Gasteiger partial charge in [0, 0.05) is 97.6 Å². The summed E-state index contributed by atoms with van der Waals surface area (Å²) in [5, 5.41) is 17.5. The minimum absolute atomic E-state index is 0.0162. The molecule has 4 aromatic heterocycles. The fraction of sp³-hybridized carbons (Fsp3) is 0.142. The van der Waals surface area contributed by atoms with E-state index in [2.05, 4.69) is 424 Å². The van der Waals surface area contributed by atoms with Crippen LogP contribution < -0.4 is 9.80 Å². The average molecular weight is 1660 g/mol. The molecular weight excluding hydrogens is 1560 g/mol. The van der Waals surface area contributed by atoms with Gasteiger partial charge in [-0.05, 0) is 210 Å². The van der Waals surface area contributed by atoms with Crippen molar-refractivity contribution in [3.63, 3.8) is 0 Å². The van der Waals surface area contributed by atoms with Crippen LogP contribution in [0, 0.1) is 11.3 Å². The quantitative estimate of drug-likeness (QED) is 0.137. The lowest BCUT2D eigenvalue weighted by Gasteiger charge is -2.47. The molecule has 612 valence electrons. The number of benzene rings is 17. The van der Waals surface area contributed by atoms with Gasteiger partial charge >= 0.3 is 0 Å². The highest BCUT2D eigenvalue weighted by atomic mass is 32.1. The summed E-state index contributed by atoms with van der Waals surface area (Å²) in [4.78, 5) is 5.04. The molecule has 6 heterocycles. The summed E-state index contributed by atoms with van der Waals surface area (Å²) >= 11 is 1.77. The van der Waals surface area contributed by atoms with Gasteiger partial charge in [0.2, 0.25) is 0 Å². The number of thiophene rings is 1. The molecule has 0 bridgehead atoms. The number of hydrogen-bond acceptors (Lipinski definition) is 4. The van der Waals surface area contributed by atoms with Crippen LogP contribution in [0.4, 0.5) is 34.1 Å². The first kappa shape index (κ1) is 69.8. The third kappa shape index (κ3) is 12.3. The van der Waals surface area contributed by atoms with Crippen LogP contribution in [-0.2, 0) is 21.7 Å². The molecule has 7 heteroatoms. The maximum atomic E-state index is 11.2. The van der Waals surface area contributed by atoms with E-state index < -0.39 is 48.2 Å². The van der Waals surface area contributed by atoms with E-state index in [-0.39, 0.29) is 49.0 Å². The predicted octanol–water partition coefficient (Wildman–Crippen LogP) is 33.5. The van der Waals surface area contributed by atoms with Crippen molar-refractivity contribution in [1.29, 1.82) is 5.26 Å². The number of aromatic nitrogens is 3. The zero-order valence-corrected chi connectivity index (χ0v) is 74.0. The van der Waals surface area contributed by atoms with Gasteiger partial charge < -0.3 is 23.5 Å². The van der Waals surface area contributed by atoms with Crippen LogP contribution in [0.5, 0.6) is 0 Å². The van der Waals surface area contributed by atoms with Gasteiger partial charge in [0.1, 0.15) is 0 Å². The van der Waals surface area contributed by atoms with E-state index in [1.54, 1.807) is 15.9 Å². The molecule has 2 aliphatic rings. The van der Waals surface area contributed by atoms with E-state index in [9.17, 15) is 14.9 Å². The summed E-state index contributed by atoms with van der Waals surface area (Å²) in [6.07, 6.45) is 0. The summed E-state index contributed by atoms with van der Waals surface area (Å²) in [6, 6.07) is 115. The van der Waals surface area contributed by atoms with Gasteiger partial charge in [-0.25, -0.2) is 0 Å². The highest BCUT2D eigenvalue weighted by Gasteiger charge is 2.46. The van der Waals surface area contributed by atoms with Crippen LogP contribution in [-0.4, -0.2) is 13.7 Å². The van der Waals surface area contributed by atoms with Crippen LogP contribution in [0.2, 0.25) is 0 Å². The Kier molecular flexibility index (Phi) is 15.8. The largest absolute Gasteiger partial charge is 0.309 e. The first-order valence-corrected chi connectivity index (χ1v) is 44.9. The number of hydrogen-bond donors (Lipinski definition) is 0. The first-order chi connectivity index (χ1) is 64.4. The molecule has 2 aliphatic heterocycles. The van der Waals surface area contributed by atoms with Crippen LogP contribution in [0.1, 0.15) is 143 Å². The molecule has 0 fully saturated rings. The molecule has 0 saturated heterocycles. The Hall–Kier alpha value is -14.6. The number of nitriles is 1. The summed E-state index contributed by atoms with van der Waals surface area (Å²) in [7, 11) is 0. The third-order valence-corrected chi connectivity index (χ3v) is 27.8. The number of para-hydroxylation sites is 3. The predicted molar refractivity (Wildman–Crippen MR) is 539 cm³/mol. The van der Waals surface area contributed by atoms with Crippen LogP contribution in [0.3, 0.4) is 0 Å². The molecule has 6 nitrogen and oxygen atoms in total. The second kappa shape index (κ2) is 28.8. The Morgan fingerprint density at radius 2 is 0.803 bits per heavy atom. The fourth-order valence-electron chi connectivity index (χ4n) is 20.4. The molecule has 21 aromatic rings. The van der Waals surface area contributed by atoms with Crippen LogP contribution in [0.25, 0.3) is 158 Å². The lowest BCUT2D eigenvalue weighted by molar-refractivity contribution is 0.569. The van der Waals surface area contributed by atoms with Crippen molar-refractivity contribution in [3.8, 4) is 78.8 Å². The zero-order chi connectivity index (χ0) is 92.5. The molecule has 127 heavy (non-hydrogen) atoms. The van der Waals surface area contributed by atoms with Crippen LogP contribution in [0.15, 0.2) is 358 Å². The first-order valence-electron chi connectivity index (χ1n) is 47.6. The number of rotatable bonds is 10. The van der Waals surface area contributed by atoms with Gasteiger partial charge in [-0.2, -0.15) is 5.26 Å². The summed E-state index contributed by atoms with van der Waals surface area (Å²) < 4.78 is 79.8. The standard InChI is InChI=1S/C120H96N6S/c1-117(2,3)80-52-58-100-94(65-80)95-66-81(118(4,5)6)53-59-101(95)123(100)85-54-55-89-103(67-85)126(116-92(75-36-20-14-21-37-75)71-108-113(90-46-30-33-49-107(90)127-108)110(116)77-40-24-16-25-41-77)105-69-86(124-97-47-31-28-44-87(97)93-60-73(72-121)50-56-99(93)124)68-104-114(105)111(89)96-63-78(79-61-82(119(7,8)9)64-83(62-79)120(10,11)12)51-57-102(96)125(104)115-91(74-34-18-13-19-35-74)70-106-112(109(115)76-38-22-15-23-39-76)88-45-29-32-48-98(88)122(106)84-42-26-17-27-43-84/h13-71,111H,1-12H3/i28D,31D,44D,47D,50D,56D,60D. The van der Waals surface area contributed by atoms with E-state index >= 15 is 0 Å². The molecule has 23 rings (SSSR count). The highest BCUT2D eigenvalue weighted by molar-refractivity contribution is 7.26. The van der Waals surface area contributed by atoms with Crippen molar-refractivity contribution in [2.24, 2.45) is 0 Å². The van der Waals surface area contributed by atoms with E-state index in [0.29, 0.717) is 17.1 Å². The fourth-order valence-corrected chi connectivity index (χ4v) is 21.5. The molecule has 0 N–H and O–H groups in total. The normalized spacial score (nSPS) is 14.3. The molecule has 0 aliphatic carbocycles. The van der Waals surface area contributed by atoms with E-state index in [1.807, 2.05) is 0 Å². The topological polar surface area (TPSA) is 45.1 Å². The Balaban J connectivity index is 0.983. The molecule has 1 atom stereocenters. The molecule has 1 unspecified atom stereocenters. The van der Waals surface area contributed by atoms with Gasteiger partial charge in [0.25, 0.3) is 0 Å². The minimum Gasteiger partial charge on any atom is -0.309 e. The Morgan fingerprint density at radius 1 is 0.307 bits per heavy atom. The average Bonchev–Trinajstić information content (AvgIpc) is 1.19. The van der Waals surface area contributed by atoms with Gasteiger partial charge in [-0.15, -0.1) is 11.3 Å². The Morgan fingerprint density at radius 3 is 1.40 bits per heavy atom. The lowest BCUT2D eigenvalue weighted by atomic mass is 9.73. The van der Waals surface area contributed by atoms with E-state index in [4.69, 9.17) is 0 Å². The SMILES string of the molecule is [2H]c1c([2H])c([2H])c2c(c1[2H])c1c([2H])c(C#N)c([2H])c([2H])c1n2-c1cc2c3c(c1)N(c1c(-c4ccccc4)cc4c(c1-c1ccccc1)c1ccccc1n4-c1ccccc1)c1ccc(-c4cc(C(C)(C)C)cc(C(C)(C)C)c4)cc1C3c1ccc(-n3c4ccc(C(C)(C)C)cc4c4cc(C(C)(C)C)ccc43)cc1N2c1c(-c2ccccc2)cc2sc3ccccc3c2c1-c1ccccc1. The minimum atomic E-state index is -0.648. The second-order valence-corrected chi connectivity index (χ2v) is 39.7.